The fraction of sp³-hybridized carbons (Fsp3) is 0.379. The van der Waals surface area contributed by atoms with Crippen LogP contribution in [0.2, 0.25) is 0 Å². The lowest BCUT2D eigenvalue weighted by Gasteiger charge is -2.47. The number of aliphatic carboxylic acids is 1. The Hall–Kier alpha value is -3.93. The van der Waals surface area contributed by atoms with Crippen LogP contribution in [0.5, 0.6) is 11.5 Å². The van der Waals surface area contributed by atoms with E-state index in [1.165, 1.54) is 24.5 Å². The van der Waals surface area contributed by atoms with Gasteiger partial charge in [-0.3, -0.25) is 9.69 Å². The van der Waals surface area contributed by atoms with Gasteiger partial charge in [-0.15, -0.1) is 11.3 Å². The van der Waals surface area contributed by atoms with Crippen LogP contribution in [-0.4, -0.2) is 61.8 Å². The van der Waals surface area contributed by atoms with Crippen molar-refractivity contribution in [2.75, 3.05) is 43.7 Å². The second kappa shape index (κ2) is 11.5. The zero-order chi connectivity index (χ0) is 29.3. The topological polar surface area (TPSA) is 77.8 Å². The van der Waals surface area contributed by atoms with Gasteiger partial charge in [-0.05, 0) is 48.2 Å². The van der Waals surface area contributed by atoms with Crippen molar-refractivity contribution in [1.29, 1.82) is 0 Å². The van der Waals surface area contributed by atoms with Gasteiger partial charge in [0.15, 0.2) is 0 Å². The lowest BCUT2D eigenvalue weighted by Crippen LogP contribution is -2.59. The minimum Gasteiger partial charge on any atom is -0.497 e. The molecule has 41 heavy (non-hydrogen) atoms. The number of rotatable bonds is 7. The standard InChI is InChI=1S/C29H31F3N4O4S/c1-4-19-17-34(11-12-35(19)20-6-5-7-21(15-20)39-2)28-33-22-10-13-41-27(22)24(16-26(37)38)36(28)23-14-18(29(30,31)32)8-9-25(23)40-3/h5-10,13-15,19,24H,4,11-12,16-17H2,1-3H3,(H,37,38). The van der Waals surface area contributed by atoms with Gasteiger partial charge in [0.2, 0.25) is 5.96 Å². The van der Waals surface area contributed by atoms with Gasteiger partial charge < -0.3 is 24.4 Å². The summed E-state index contributed by atoms with van der Waals surface area (Å²) in [6.45, 7) is 3.76. The van der Waals surface area contributed by atoms with Gasteiger partial charge in [-0.25, -0.2) is 4.99 Å². The van der Waals surface area contributed by atoms with Crippen LogP contribution < -0.4 is 19.3 Å². The van der Waals surface area contributed by atoms with Gasteiger partial charge in [0, 0.05) is 37.4 Å². The molecule has 1 N–H and O–H groups in total. The van der Waals surface area contributed by atoms with E-state index in [-0.39, 0.29) is 23.9 Å². The van der Waals surface area contributed by atoms with Crippen LogP contribution in [0.3, 0.4) is 0 Å². The fourth-order valence-electron chi connectivity index (χ4n) is 5.49. The summed E-state index contributed by atoms with van der Waals surface area (Å²) in [5.74, 6) is 0.285. The molecule has 8 nitrogen and oxygen atoms in total. The number of carboxylic acids is 1. The predicted octanol–water partition coefficient (Wildman–Crippen LogP) is 6.41. The number of fused-ring (bicyclic) bond motifs is 1. The normalized spacial score (nSPS) is 19.1. The first-order valence-electron chi connectivity index (χ1n) is 13.2. The fourth-order valence-corrected chi connectivity index (χ4v) is 6.42. The van der Waals surface area contributed by atoms with Gasteiger partial charge in [0.25, 0.3) is 0 Å². The van der Waals surface area contributed by atoms with Crippen molar-refractivity contribution in [2.24, 2.45) is 4.99 Å². The Labute approximate surface area is 240 Å². The number of piperazine rings is 1. The second-order valence-electron chi connectivity index (χ2n) is 9.85. The Kier molecular flexibility index (Phi) is 8.03. The van der Waals surface area contributed by atoms with E-state index in [1.807, 2.05) is 40.6 Å². The average molecular weight is 589 g/mol. The number of ether oxygens (including phenoxy) is 2. The molecule has 2 aromatic carbocycles. The molecule has 218 valence electrons. The van der Waals surface area contributed by atoms with Gasteiger partial charge in [-0.1, -0.05) is 13.0 Å². The molecule has 0 radical (unpaired) electrons. The Bertz CT molecular complexity index is 1440. The molecule has 12 heteroatoms. The highest BCUT2D eigenvalue weighted by molar-refractivity contribution is 7.10. The van der Waals surface area contributed by atoms with Crippen LogP contribution in [0.15, 0.2) is 58.9 Å². The van der Waals surface area contributed by atoms with E-state index in [0.717, 1.165) is 30.0 Å². The van der Waals surface area contributed by atoms with Crippen molar-refractivity contribution in [3.63, 3.8) is 0 Å². The molecule has 3 aromatic rings. The maximum absolute atomic E-state index is 13.9. The minimum atomic E-state index is -4.60. The molecule has 2 atom stereocenters. The molecular weight excluding hydrogens is 557 g/mol. The monoisotopic (exact) mass is 588 g/mol. The van der Waals surface area contributed by atoms with E-state index in [1.54, 1.807) is 12.0 Å². The van der Waals surface area contributed by atoms with Crippen LogP contribution in [0, 0.1) is 0 Å². The number of carbonyl (C=O) groups is 1. The van der Waals surface area contributed by atoms with Crippen molar-refractivity contribution in [1.82, 2.24) is 4.90 Å². The van der Waals surface area contributed by atoms with Gasteiger partial charge in [0.1, 0.15) is 11.5 Å². The Morgan fingerprint density at radius 3 is 2.61 bits per heavy atom. The minimum absolute atomic E-state index is 0.0607. The third-order valence-corrected chi connectivity index (χ3v) is 8.49. The summed E-state index contributed by atoms with van der Waals surface area (Å²) in [6.07, 6.45) is -4.12. The highest BCUT2D eigenvalue weighted by Gasteiger charge is 2.41. The Morgan fingerprint density at radius 2 is 1.93 bits per heavy atom. The maximum atomic E-state index is 13.9. The molecule has 2 aliphatic heterocycles. The third-order valence-electron chi connectivity index (χ3n) is 7.48. The highest BCUT2D eigenvalue weighted by atomic mass is 32.1. The molecule has 1 fully saturated rings. The molecule has 2 aliphatic rings. The Balaban J connectivity index is 1.59. The number of benzene rings is 2. The number of thiophene rings is 1. The van der Waals surface area contributed by atoms with Crippen LogP contribution in [0.4, 0.5) is 30.2 Å². The van der Waals surface area contributed by atoms with Crippen LogP contribution in [-0.2, 0) is 11.0 Å². The average Bonchev–Trinajstić information content (AvgIpc) is 3.44. The SMILES string of the molecule is CCC1CN(C2=Nc3ccsc3C(CC(=O)O)N2c2cc(C(F)(F)F)ccc2OC)CCN1c1cccc(OC)c1. The summed E-state index contributed by atoms with van der Waals surface area (Å²) in [6, 6.07) is 12.2. The number of methoxy groups -OCH3 is 2. The van der Waals surface area contributed by atoms with E-state index >= 15 is 0 Å². The third kappa shape index (κ3) is 5.65. The van der Waals surface area contributed by atoms with E-state index in [2.05, 4.69) is 11.8 Å². The van der Waals surface area contributed by atoms with Crippen molar-refractivity contribution in [3.05, 3.63) is 64.4 Å². The number of anilines is 2. The molecule has 1 saturated heterocycles. The summed E-state index contributed by atoms with van der Waals surface area (Å²) in [7, 11) is 3.01. The molecule has 5 rings (SSSR count). The lowest BCUT2D eigenvalue weighted by atomic mass is 10.0. The van der Waals surface area contributed by atoms with Crippen LogP contribution in [0.25, 0.3) is 0 Å². The summed E-state index contributed by atoms with van der Waals surface area (Å²) in [5.41, 5.74) is 0.908. The molecule has 3 heterocycles. The molecule has 0 saturated carbocycles. The summed E-state index contributed by atoms with van der Waals surface area (Å²) in [4.78, 5) is 23.6. The lowest BCUT2D eigenvalue weighted by molar-refractivity contribution is -0.138. The molecular formula is C29H31F3N4O4S. The number of alkyl halides is 3. The van der Waals surface area contributed by atoms with Crippen molar-refractivity contribution >= 4 is 40.3 Å². The van der Waals surface area contributed by atoms with E-state index in [4.69, 9.17) is 14.5 Å². The number of nitrogens with zero attached hydrogens (tertiary/aromatic N) is 4. The number of guanidine groups is 1. The first kappa shape index (κ1) is 28.6. The van der Waals surface area contributed by atoms with Crippen LogP contribution in [0.1, 0.15) is 36.2 Å². The van der Waals surface area contributed by atoms with E-state index in [0.29, 0.717) is 36.2 Å². The predicted molar refractivity (Wildman–Crippen MR) is 153 cm³/mol. The number of aliphatic imine (C=N–C) groups is 1. The zero-order valence-electron chi connectivity index (χ0n) is 22.9. The maximum Gasteiger partial charge on any atom is 0.416 e. The first-order valence-corrected chi connectivity index (χ1v) is 14.1. The number of carboxylic acid groups (broad SMARTS) is 1. The number of hydrogen-bond acceptors (Lipinski definition) is 8. The largest absolute Gasteiger partial charge is 0.497 e. The molecule has 2 unspecified atom stereocenters. The quantitative estimate of drug-likeness (QED) is 0.342. The smallest absolute Gasteiger partial charge is 0.416 e. The number of halogens is 3. The summed E-state index contributed by atoms with van der Waals surface area (Å²) in [5, 5.41) is 11.7. The molecule has 0 spiro atoms. The molecule has 0 amide bonds. The summed E-state index contributed by atoms with van der Waals surface area (Å²) < 4.78 is 52.5. The zero-order valence-corrected chi connectivity index (χ0v) is 23.7. The van der Waals surface area contributed by atoms with Crippen LogP contribution >= 0.6 is 11.3 Å². The van der Waals surface area contributed by atoms with Crippen molar-refractivity contribution in [3.8, 4) is 11.5 Å². The molecule has 0 aliphatic carbocycles. The first-order chi connectivity index (χ1) is 19.6. The second-order valence-corrected chi connectivity index (χ2v) is 10.8. The highest BCUT2D eigenvalue weighted by Crippen LogP contribution is 2.47. The van der Waals surface area contributed by atoms with Crippen molar-refractivity contribution < 1.29 is 32.5 Å². The van der Waals surface area contributed by atoms with Gasteiger partial charge in [0.05, 0.1) is 48.5 Å². The van der Waals surface area contributed by atoms with Crippen molar-refractivity contribution in [2.45, 2.75) is 38.0 Å². The molecule has 0 bridgehead atoms. The number of hydrogen-bond donors (Lipinski definition) is 1. The Morgan fingerprint density at radius 1 is 1.12 bits per heavy atom. The van der Waals surface area contributed by atoms with Gasteiger partial charge in [-0.2, -0.15) is 13.2 Å². The van der Waals surface area contributed by atoms with Gasteiger partial charge >= 0.3 is 12.1 Å². The summed E-state index contributed by atoms with van der Waals surface area (Å²) >= 11 is 1.34. The molecule has 1 aromatic heterocycles. The van der Waals surface area contributed by atoms with E-state index in [9.17, 15) is 23.1 Å². The van der Waals surface area contributed by atoms with E-state index < -0.39 is 23.8 Å².